The lowest BCUT2D eigenvalue weighted by atomic mass is 9.93. The Morgan fingerprint density at radius 1 is 1.50 bits per heavy atom. The maximum Gasteiger partial charge on any atom is 0.255 e. The Balaban J connectivity index is 1.83. The van der Waals surface area contributed by atoms with Crippen molar-refractivity contribution in [2.45, 2.75) is 25.7 Å². The second-order valence-electron chi connectivity index (χ2n) is 5.32. The number of hydrogen-bond donors (Lipinski definition) is 1. The number of hydrogen-bond acceptors (Lipinski definition) is 4. The second-order valence-corrected chi connectivity index (χ2v) is 5.32. The number of pyridine rings is 1. The van der Waals surface area contributed by atoms with Crippen LogP contribution in [0.1, 0.15) is 24.8 Å². The lowest BCUT2D eigenvalue weighted by Crippen LogP contribution is -2.37. The van der Waals surface area contributed by atoms with Gasteiger partial charge in [-0.15, -0.1) is 0 Å². The lowest BCUT2D eigenvalue weighted by molar-refractivity contribution is -0.122. The van der Waals surface area contributed by atoms with Crippen molar-refractivity contribution in [3.05, 3.63) is 23.9 Å². The number of alkyl halides is 2. The van der Waals surface area contributed by atoms with Crippen LogP contribution < -0.4 is 10.2 Å². The number of carbonyl (C=O) groups is 1. The van der Waals surface area contributed by atoms with Crippen LogP contribution in [0, 0.1) is 17.2 Å². The summed E-state index contributed by atoms with van der Waals surface area (Å²) < 4.78 is 24.1. The Bertz CT molecular complexity index is 551. The monoisotopic (exact) mass is 308 g/mol. The van der Waals surface area contributed by atoms with Gasteiger partial charge in [0.05, 0.1) is 12.1 Å². The van der Waals surface area contributed by atoms with Gasteiger partial charge in [-0.05, 0) is 30.9 Å². The predicted octanol–water partition coefficient (Wildman–Crippen LogP) is 1.94. The van der Waals surface area contributed by atoms with Crippen molar-refractivity contribution in [3.8, 4) is 6.07 Å². The van der Waals surface area contributed by atoms with Crippen LogP contribution in [0.15, 0.2) is 18.3 Å². The number of piperidine rings is 1. The molecule has 1 amide bonds. The van der Waals surface area contributed by atoms with Crippen molar-refractivity contribution in [1.29, 1.82) is 5.26 Å². The molecule has 0 saturated carbocycles. The minimum Gasteiger partial charge on any atom is -0.356 e. The highest BCUT2D eigenvalue weighted by Crippen LogP contribution is 2.25. The van der Waals surface area contributed by atoms with E-state index in [4.69, 9.17) is 5.26 Å². The molecule has 5 nitrogen and oxygen atoms in total. The predicted molar refractivity (Wildman–Crippen MR) is 77.5 cm³/mol. The van der Waals surface area contributed by atoms with E-state index in [0.29, 0.717) is 24.5 Å². The molecule has 7 heteroatoms. The first-order chi connectivity index (χ1) is 10.6. The molecule has 1 fully saturated rings. The summed E-state index contributed by atoms with van der Waals surface area (Å²) in [6.45, 7) is 0.827. The van der Waals surface area contributed by atoms with E-state index in [1.807, 2.05) is 4.90 Å². The Labute approximate surface area is 127 Å². The maximum absolute atomic E-state index is 12.0. The number of aromatic nitrogens is 1. The maximum atomic E-state index is 12.0. The smallest absolute Gasteiger partial charge is 0.255 e. The molecule has 1 aliphatic rings. The standard InChI is InChI=1S/C15H18F2N4O/c16-13(17)10-20-14(22)8-11-3-6-21(7-4-11)15-12(9-18)2-1-5-19-15/h1-2,5,11,13H,3-4,6-8,10H2,(H,20,22). The number of nitrogens with one attached hydrogen (secondary N) is 1. The molecular formula is C15H18F2N4O. The van der Waals surface area contributed by atoms with Crippen molar-refractivity contribution >= 4 is 11.7 Å². The van der Waals surface area contributed by atoms with E-state index in [9.17, 15) is 13.6 Å². The average Bonchev–Trinajstić information content (AvgIpc) is 2.53. The summed E-state index contributed by atoms with van der Waals surface area (Å²) in [7, 11) is 0. The topological polar surface area (TPSA) is 69.0 Å². The van der Waals surface area contributed by atoms with Crippen LogP contribution in [0.3, 0.4) is 0 Å². The third-order valence-corrected chi connectivity index (χ3v) is 3.75. The summed E-state index contributed by atoms with van der Waals surface area (Å²) in [4.78, 5) is 17.8. The molecule has 0 aromatic carbocycles. The van der Waals surface area contributed by atoms with Crippen LogP contribution in [-0.4, -0.2) is 37.0 Å². The third-order valence-electron chi connectivity index (χ3n) is 3.75. The zero-order valence-corrected chi connectivity index (χ0v) is 12.1. The minimum absolute atomic E-state index is 0.183. The van der Waals surface area contributed by atoms with Gasteiger partial charge in [0.1, 0.15) is 11.9 Å². The molecule has 2 rings (SSSR count). The number of nitrogens with zero attached hydrogens (tertiary/aromatic N) is 3. The fourth-order valence-electron chi connectivity index (χ4n) is 2.61. The summed E-state index contributed by atoms with van der Waals surface area (Å²) in [5.41, 5.74) is 0.538. The zero-order valence-electron chi connectivity index (χ0n) is 12.1. The van der Waals surface area contributed by atoms with Crippen LogP contribution in [-0.2, 0) is 4.79 Å². The van der Waals surface area contributed by atoms with Crippen LogP contribution in [0.2, 0.25) is 0 Å². The molecule has 22 heavy (non-hydrogen) atoms. The molecule has 1 aliphatic heterocycles. The van der Waals surface area contributed by atoms with Gasteiger partial charge in [0, 0.05) is 25.7 Å². The lowest BCUT2D eigenvalue weighted by Gasteiger charge is -2.32. The highest BCUT2D eigenvalue weighted by molar-refractivity contribution is 5.76. The zero-order chi connectivity index (χ0) is 15.9. The molecule has 2 heterocycles. The number of halogens is 2. The number of carbonyl (C=O) groups excluding carboxylic acids is 1. The summed E-state index contributed by atoms with van der Waals surface area (Å²) >= 11 is 0. The van der Waals surface area contributed by atoms with Crippen LogP contribution in [0.25, 0.3) is 0 Å². The number of nitriles is 1. The molecule has 0 radical (unpaired) electrons. The van der Waals surface area contributed by atoms with Gasteiger partial charge in [-0.25, -0.2) is 13.8 Å². The first-order valence-electron chi connectivity index (χ1n) is 7.25. The largest absolute Gasteiger partial charge is 0.356 e. The van der Waals surface area contributed by atoms with Gasteiger partial charge in [-0.1, -0.05) is 0 Å². The molecule has 1 saturated heterocycles. The molecule has 118 valence electrons. The average molecular weight is 308 g/mol. The van der Waals surface area contributed by atoms with Gasteiger partial charge in [0.25, 0.3) is 6.43 Å². The van der Waals surface area contributed by atoms with Gasteiger partial charge >= 0.3 is 0 Å². The molecule has 0 atom stereocenters. The Morgan fingerprint density at radius 2 is 2.23 bits per heavy atom. The molecule has 0 spiro atoms. The Morgan fingerprint density at radius 3 is 2.86 bits per heavy atom. The molecule has 1 aromatic rings. The van der Waals surface area contributed by atoms with Crippen molar-refractivity contribution < 1.29 is 13.6 Å². The van der Waals surface area contributed by atoms with Crippen LogP contribution >= 0.6 is 0 Å². The highest BCUT2D eigenvalue weighted by atomic mass is 19.3. The van der Waals surface area contributed by atoms with Gasteiger partial charge in [-0.3, -0.25) is 4.79 Å². The van der Waals surface area contributed by atoms with E-state index >= 15 is 0 Å². The highest BCUT2D eigenvalue weighted by Gasteiger charge is 2.23. The van der Waals surface area contributed by atoms with Crippen molar-refractivity contribution in [2.24, 2.45) is 5.92 Å². The summed E-state index contributed by atoms with van der Waals surface area (Å²) in [5, 5.41) is 11.3. The van der Waals surface area contributed by atoms with E-state index in [0.717, 1.165) is 12.8 Å². The summed E-state index contributed by atoms with van der Waals surface area (Å²) in [6.07, 6.45) is 0.973. The quantitative estimate of drug-likeness (QED) is 0.902. The Kier molecular flexibility index (Phi) is 5.64. The van der Waals surface area contributed by atoms with Gasteiger partial charge in [-0.2, -0.15) is 5.26 Å². The second kappa shape index (κ2) is 7.69. The molecule has 1 N–H and O–H groups in total. The van der Waals surface area contributed by atoms with E-state index in [-0.39, 0.29) is 18.2 Å². The number of rotatable bonds is 5. The van der Waals surface area contributed by atoms with Crippen LogP contribution in [0.4, 0.5) is 14.6 Å². The first kappa shape index (κ1) is 16.1. The van der Waals surface area contributed by atoms with Crippen molar-refractivity contribution in [2.75, 3.05) is 24.5 Å². The van der Waals surface area contributed by atoms with Gasteiger partial charge < -0.3 is 10.2 Å². The molecule has 0 aliphatic carbocycles. The van der Waals surface area contributed by atoms with Crippen molar-refractivity contribution in [3.63, 3.8) is 0 Å². The molecular weight excluding hydrogens is 290 g/mol. The normalized spacial score (nSPS) is 15.6. The number of amides is 1. The first-order valence-corrected chi connectivity index (χ1v) is 7.25. The SMILES string of the molecule is N#Cc1cccnc1N1CCC(CC(=O)NCC(F)F)CC1. The molecule has 0 unspecified atom stereocenters. The molecule has 0 bridgehead atoms. The molecule has 1 aromatic heterocycles. The third kappa shape index (κ3) is 4.38. The van der Waals surface area contributed by atoms with Gasteiger partial charge in [0.2, 0.25) is 5.91 Å². The van der Waals surface area contributed by atoms with Crippen LogP contribution in [0.5, 0.6) is 0 Å². The van der Waals surface area contributed by atoms with E-state index in [1.165, 1.54) is 0 Å². The fourth-order valence-corrected chi connectivity index (χ4v) is 2.61. The van der Waals surface area contributed by atoms with Crippen molar-refractivity contribution in [1.82, 2.24) is 10.3 Å². The summed E-state index contributed by atoms with van der Waals surface area (Å²) in [6, 6.07) is 5.58. The minimum atomic E-state index is -2.51. The fraction of sp³-hybridized carbons (Fsp3) is 0.533. The van der Waals surface area contributed by atoms with E-state index in [1.54, 1.807) is 18.3 Å². The number of anilines is 1. The Hall–Kier alpha value is -2.23. The summed E-state index contributed by atoms with van der Waals surface area (Å²) in [5.74, 6) is 0.531. The van der Waals surface area contributed by atoms with E-state index < -0.39 is 13.0 Å². The van der Waals surface area contributed by atoms with E-state index in [2.05, 4.69) is 16.4 Å². The van der Waals surface area contributed by atoms with Gasteiger partial charge in [0.15, 0.2) is 0 Å².